The van der Waals surface area contributed by atoms with Crippen LogP contribution in [0, 0.1) is 6.92 Å². The van der Waals surface area contributed by atoms with Gasteiger partial charge in [-0.05, 0) is 60.9 Å². The highest BCUT2D eigenvalue weighted by Gasteiger charge is 2.18. The molecule has 0 unspecified atom stereocenters. The van der Waals surface area contributed by atoms with Crippen LogP contribution in [0.25, 0.3) is 0 Å². The van der Waals surface area contributed by atoms with Crippen molar-refractivity contribution in [1.82, 2.24) is 4.90 Å². The standard InChI is InChI=1S/C23H28N2O2/c1-3-13-25(16-22(26)24-21-10-5-4-7-17(21)2)23(27)15-18-11-12-19-8-6-9-20(19)14-18/h4-5,7,10-12,14H,3,6,8-9,13,15-16H2,1-2H3,(H,24,26). The fraction of sp³-hybridized carbons (Fsp3) is 0.391. The van der Waals surface area contributed by atoms with E-state index in [4.69, 9.17) is 0 Å². The zero-order valence-corrected chi connectivity index (χ0v) is 16.3. The van der Waals surface area contributed by atoms with Gasteiger partial charge in [0.15, 0.2) is 0 Å². The average molecular weight is 364 g/mol. The van der Waals surface area contributed by atoms with Gasteiger partial charge in [0.1, 0.15) is 0 Å². The Hall–Kier alpha value is -2.62. The van der Waals surface area contributed by atoms with E-state index in [2.05, 4.69) is 23.5 Å². The number of carbonyl (C=O) groups is 2. The van der Waals surface area contributed by atoms with Crippen LogP contribution in [0.4, 0.5) is 5.69 Å². The van der Waals surface area contributed by atoms with Crippen molar-refractivity contribution in [3.8, 4) is 0 Å². The maximum Gasteiger partial charge on any atom is 0.244 e. The minimum absolute atomic E-state index is 0.00901. The molecule has 27 heavy (non-hydrogen) atoms. The first-order chi connectivity index (χ1) is 13.1. The van der Waals surface area contributed by atoms with Crippen LogP contribution in [0.15, 0.2) is 42.5 Å². The number of fused-ring (bicyclic) bond motifs is 1. The highest BCUT2D eigenvalue weighted by Crippen LogP contribution is 2.23. The molecule has 0 aromatic heterocycles. The number of nitrogens with zero attached hydrogens (tertiary/aromatic N) is 1. The summed E-state index contributed by atoms with van der Waals surface area (Å²) in [5.41, 5.74) is 5.64. The van der Waals surface area contributed by atoms with Gasteiger partial charge >= 0.3 is 0 Å². The summed E-state index contributed by atoms with van der Waals surface area (Å²) >= 11 is 0. The molecule has 142 valence electrons. The van der Waals surface area contributed by atoms with Crippen molar-refractivity contribution in [2.75, 3.05) is 18.4 Å². The maximum atomic E-state index is 12.8. The Morgan fingerprint density at radius 1 is 1.07 bits per heavy atom. The van der Waals surface area contributed by atoms with E-state index in [0.29, 0.717) is 13.0 Å². The van der Waals surface area contributed by atoms with Crippen LogP contribution >= 0.6 is 0 Å². The summed E-state index contributed by atoms with van der Waals surface area (Å²) in [7, 11) is 0. The van der Waals surface area contributed by atoms with Crippen LogP contribution in [0.5, 0.6) is 0 Å². The number of rotatable bonds is 7. The quantitative estimate of drug-likeness (QED) is 0.810. The first-order valence-corrected chi connectivity index (χ1v) is 9.80. The SMILES string of the molecule is CCCN(CC(=O)Nc1ccccc1C)C(=O)Cc1ccc2c(c1)CCC2. The van der Waals surface area contributed by atoms with E-state index in [1.54, 1.807) is 4.90 Å². The lowest BCUT2D eigenvalue weighted by molar-refractivity contribution is -0.134. The fourth-order valence-corrected chi connectivity index (χ4v) is 3.66. The summed E-state index contributed by atoms with van der Waals surface area (Å²) < 4.78 is 0. The number of anilines is 1. The molecule has 2 amide bonds. The molecule has 4 heteroatoms. The number of hydrogen-bond donors (Lipinski definition) is 1. The molecule has 0 saturated carbocycles. The highest BCUT2D eigenvalue weighted by molar-refractivity contribution is 5.95. The number of aryl methyl sites for hydroxylation is 3. The minimum Gasteiger partial charge on any atom is -0.333 e. The molecule has 0 aliphatic heterocycles. The molecule has 2 aromatic rings. The third kappa shape index (κ3) is 4.97. The lowest BCUT2D eigenvalue weighted by Gasteiger charge is -2.22. The summed E-state index contributed by atoms with van der Waals surface area (Å²) in [6, 6.07) is 14.0. The normalized spacial score (nSPS) is 12.5. The van der Waals surface area contributed by atoms with Crippen LogP contribution in [0.1, 0.15) is 42.0 Å². The number of nitrogens with one attached hydrogen (secondary N) is 1. The molecule has 0 atom stereocenters. The van der Waals surface area contributed by atoms with Gasteiger partial charge in [-0.2, -0.15) is 0 Å². The highest BCUT2D eigenvalue weighted by atomic mass is 16.2. The summed E-state index contributed by atoms with van der Waals surface area (Å²) in [4.78, 5) is 26.9. The van der Waals surface area contributed by atoms with Crippen LogP contribution in [-0.2, 0) is 28.9 Å². The molecule has 0 spiro atoms. The molecule has 1 aliphatic rings. The van der Waals surface area contributed by atoms with Crippen molar-refractivity contribution >= 4 is 17.5 Å². The molecular weight excluding hydrogens is 336 g/mol. The first kappa shape index (κ1) is 19.2. The Morgan fingerprint density at radius 2 is 1.85 bits per heavy atom. The van der Waals surface area contributed by atoms with E-state index >= 15 is 0 Å². The monoisotopic (exact) mass is 364 g/mol. The molecule has 2 aromatic carbocycles. The van der Waals surface area contributed by atoms with Crippen molar-refractivity contribution < 1.29 is 9.59 Å². The number of benzene rings is 2. The summed E-state index contributed by atoms with van der Waals surface area (Å²) in [5, 5.41) is 2.92. The van der Waals surface area contributed by atoms with Gasteiger partial charge in [-0.25, -0.2) is 0 Å². The second kappa shape index (κ2) is 8.85. The van der Waals surface area contributed by atoms with Crippen molar-refractivity contribution in [2.24, 2.45) is 0 Å². The predicted octanol–water partition coefficient (Wildman–Crippen LogP) is 3.90. The zero-order chi connectivity index (χ0) is 19.2. The summed E-state index contributed by atoms with van der Waals surface area (Å²) in [6.45, 7) is 4.66. The molecule has 4 nitrogen and oxygen atoms in total. The first-order valence-electron chi connectivity index (χ1n) is 9.80. The Kier molecular flexibility index (Phi) is 6.28. The number of para-hydroxylation sites is 1. The predicted molar refractivity (Wildman–Crippen MR) is 109 cm³/mol. The number of hydrogen-bond acceptors (Lipinski definition) is 2. The maximum absolute atomic E-state index is 12.8. The van der Waals surface area contributed by atoms with Gasteiger partial charge in [0.05, 0.1) is 13.0 Å². The fourth-order valence-electron chi connectivity index (χ4n) is 3.66. The summed E-state index contributed by atoms with van der Waals surface area (Å²) in [5.74, 6) is -0.144. The van der Waals surface area contributed by atoms with Crippen molar-refractivity contribution in [3.63, 3.8) is 0 Å². The molecule has 1 aliphatic carbocycles. The Labute approximate surface area is 161 Å². The largest absolute Gasteiger partial charge is 0.333 e. The van der Waals surface area contributed by atoms with Crippen molar-refractivity contribution in [2.45, 2.75) is 46.0 Å². The van der Waals surface area contributed by atoms with Crippen LogP contribution in [0.3, 0.4) is 0 Å². The van der Waals surface area contributed by atoms with Gasteiger partial charge in [0.2, 0.25) is 11.8 Å². The lowest BCUT2D eigenvalue weighted by Crippen LogP contribution is -2.39. The molecular formula is C23H28N2O2. The number of amides is 2. The van der Waals surface area contributed by atoms with Gasteiger partial charge in [-0.1, -0.05) is 43.3 Å². The molecule has 0 bridgehead atoms. The second-order valence-corrected chi connectivity index (χ2v) is 7.31. The van der Waals surface area contributed by atoms with E-state index in [1.807, 2.05) is 38.1 Å². The van der Waals surface area contributed by atoms with Crippen LogP contribution in [0.2, 0.25) is 0 Å². The van der Waals surface area contributed by atoms with E-state index in [-0.39, 0.29) is 18.4 Å². The van der Waals surface area contributed by atoms with Gasteiger partial charge in [0, 0.05) is 12.2 Å². The van der Waals surface area contributed by atoms with E-state index in [1.165, 1.54) is 17.5 Å². The van der Waals surface area contributed by atoms with Crippen LogP contribution < -0.4 is 5.32 Å². The van der Waals surface area contributed by atoms with Crippen LogP contribution in [-0.4, -0.2) is 29.8 Å². The third-order valence-electron chi connectivity index (χ3n) is 5.12. The summed E-state index contributed by atoms with van der Waals surface area (Å²) in [6.07, 6.45) is 4.63. The van der Waals surface area contributed by atoms with Gasteiger partial charge in [-0.15, -0.1) is 0 Å². The molecule has 0 fully saturated rings. The van der Waals surface area contributed by atoms with Crippen molar-refractivity contribution in [3.05, 3.63) is 64.7 Å². The molecule has 1 N–H and O–H groups in total. The number of carbonyl (C=O) groups excluding carboxylic acids is 2. The van der Waals surface area contributed by atoms with Gasteiger partial charge in [-0.3, -0.25) is 9.59 Å². The Bertz CT molecular complexity index is 829. The van der Waals surface area contributed by atoms with Gasteiger partial charge in [0.25, 0.3) is 0 Å². The Balaban J connectivity index is 1.62. The lowest BCUT2D eigenvalue weighted by atomic mass is 10.0. The topological polar surface area (TPSA) is 49.4 Å². The molecule has 0 saturated heterocycles. The third-order valence-corrected chi connectivity index (χ3v) is 5.12. The molecule has 3 rings (SSSR count). The zero-order valence-electron chi connectivity index (χ0n) is 16.3. The van der Waals surface area contributed by atoms with E-state index < -0.39 is 0 Å². The van der Waals surface area contributed by atoms with Crippen molar-refractivity contribution in [1.29, 1.82) is 0 Å². The minimum atomic E-state index is -0.153. The van der Waals surface area contributed by atoms with E-state index in [9.17, 15) is 9.59 Å². The molecule has 0 heterocycles. The molecule has 0 radical (unpaired) electrons. The Morgan fingerprint density at radius 3 is 2.63 bits per heavy atom. The smallest absolute Gasteiger partial charge is 0.244 e. The average Bonchev–Trinajstić information content (AvgIpc) is 3.11. The van der Waals surface area contributed by atoms with Gasteiger partial charge < -0.3 is 10.2 Å². The second-order valence-electron chi connectivity index (χ2n) is 7.31. The van der Waals surface area contributed by atoms with E-state index in [0.717, 1.165) is 36.1 Å².